The highest BCUT2D eigenvalue weighted by molar-refractivity contribution is 6.31. The number of hydrogen-bond acceptors (Lipinski definition) is 3. The number of aryl methyl sites for hydroxylation is 3. The summed E-state index contributed by atoms with van der Waals surface area (Å²) >= 11 is 6.25. The van der Waals surface area contributed by atoms with Crippen LogP contribution in [0.5, 0.6) is 0 Å². The number of rotatable bonds is 9. The van der Waals surface area contributed by atoms with Gasteiger partial charge in [-0.05, 0) is 45.5 Å². The number of carbonyl (C=O) groups is 1. The summed E-state index contributed by atoms with van der Waals surface area (Å²) in [7, 11) is 5.82. The van der Waals surface area contributed by atoms with Gasteiger partial charge in [-0.2, -0.15) is 5.10 Å². The first kappa shape index (κ1) is 21.2. The van der Waals surface area contributed by atoms with Crippen molar-refractivity contribution in [2.24, 2.45) is 7.05 Å². The quantitative estimate of drug-likeness (QED) is 0.618. The molecule has 0 radical (unpaired) electrons. The van der Waals surface area contributed by atoms with E-state index < -0.39 is 0 Å². The van der Waals surface area contributed by atoms with Gasteiger partial charge in [-0.15, -0.1) is 0 Å². The lowest BCUT2D eigenvalue weighted by atomic mass is 10.1. The first-order valence-corrected chi connectivity index (χ1v) is 9.61. The number of carbonyl (C=O) groups excluding carboxylic acids is 1. The first-order valence-electron chi connectivity index (χ1n) is 9.23. The molecule has 2 rings (SSSR count). The Balaban J connectivity index is 2.00. The maximum Gasteiger partial charge on any atom is 0.246 e. The van der Waals surface area contributed by atoms with E-state index in [1.54, 1.807) is 23.9 Å². The van der Waals surface area contributed by atoms with Gasteiger partial charge in [-0.1, -0.05) is 41.9 Å². The summed E-state index contributed by atoms with van der Waals surface area (Å²) in [6.07, 6.45) is 5.27. The molecule has 0 fully saturated rings. The number of amides is 1. The summed E-state index contributed by atoms with van der Waals surface area (Å²) in [4.78, 5) is 16.7. The van der Waals surface area contributed by atoms with Crippen LogP contribution < -0.4 is 0 Å². The third-order valence-electron chi connectivity index (χ3n) is 4.45. The van der Waals surface area contributed by atoms with Gasteiger partial charge in [0.2, 0.25) is 5.91 Å². The van der Waals surface area contributed by atoms with Crippen molar-refractivity contribution in [1.82, 2.24) is 19.6 Å². The molecular formula is C21H29ClN4O. The Labute approximate surface area is 167 Å². The summed E-state index contributed by atoms with van der Waals surface area (Å²) in [5, 5.41) is 4.82. The molecular weight excluding hydrogens is 360 g/mol. The van der Waals surface area contributed by atoms with Gasteiger partial charge in [0.25, 0.3) is 0 Å². The third-order valence-corrected chi connectivity index (χ3v) is 4.90. The van der Waals surface area contributed by atoms with E-state index in [4.69, 9.17) is 11.6 Å². The molecule has 0 atom stereocenters. The minimum atomic E-state index is 0.00392. The average molecular weight is 389 g/mol. The Bertz CT molecular complexity index is 768. The maximum absolute atomic E-state index is 12.8. The van der Waals surface area contributed by atoms with Gasteiger partial charge < -0.3 is 9.80 Å². The van der Waals surface area contributed by atoms with E-state index in [2.05, 4.69) is 22.1 Å². The fraction of sp³-hybridized carbons (Fsp3) is 0.429. The van der Waals surface area contributed by atoms with Gasteiger partial charge in [-0.25, -0.2) is 0 Å². The maximum atomic E-state index is 12.8. The second kappa shape index (κ2) is 10.3. The van der Waals surface area contributed by atoms with Crippen LogP contribution in [-0.2, 0) is 18.3 Å². The second-order valence-corrected chi connectivity index (χ2v) is 7.32. The smallest absolute Gasteiger partial charge is 0.246 e. The Kier molecular flexibility index (Phi) is 8.07. The second-order valence-electron chi connectivity index (χ2n) is 6.96. The highest BCUT2D eigenvalue weighted by atomic mass is 35.5. The number of hydrogen-bond donors (Lipinski definition) is 0. The van der Waals surface area contributed by atoms with Crippen molar-refractivity contribution in [3.63, 3.8) is 0 Å². The van der Waals surface area contributed by atoms with Crippen LogP contribution in [0.1, 0.15) is 23.2 Å². The van der Waals surface area contributed by atoms with Crippen LogP contribution in [0.3, 0.4) is 0 Å². The summed E-state index contributed by atoms with van der Waals surface area (Å²) < 4.78 is 1.62. The van der Waals surface area contributed by atoms with E-state index in [1.165, 1.54) is 5.56 Å². The molecule has 146 valence electrons. The molecule has 2 aromatic rings. The Morgan fingerprint density at radius 2 is 1.89 bits per heavy atom. The van der Waals surface area contributed by atoms with Gasteiger partial charge in [0.1, 0.15) is 5.15 Å². The van der Waals surface area contributed by atoms with Crippen LogP contribution in [0.15, 0.2) is 36.4 Å². The van der Waals surface area contributed by atoms with Crippen LogP contribution in [0.2, 0.25) is 5.15 Å². The van der Waals surface area contributed by atoms with Crippen molar-refractivity contribution in [1.29, 1.82) is 0 Å². The molecule has 1 heterocycles. The van der Waals surface area contributed by atoms with E-state index in [9.17, 15) is 4.79 Å². The molecule has 5 nitrogen and oxygen atoms in total. The highest BCUT2D eigenvalue weighted by Crippen LogP contribution is 2.20. The molecule has 1 amide bonds. The van der Waals surface area contributed by atoms with E-state index in [-0.39, 0.29) is 5.91 Å². The summed E-state index contributed by atoms with van der Waals surface area (Å²) in [5.74, 6) is 0.00392. The van der Waals surface area contributed by atoms with Crippen molar-refractivity contribution in [3.8, 4) is 0 Å². The van der Waals surface area contributed by atoms with E-state index >= 15 is 0 Å². The zero-order chi connectivity index (χ0) is 19.8. The SMILES string of the molecule is Cc1nn(C)c(Cl)c1/C=C/C(=O)N(CCCc1ccccc1)CCN(C)C. The Morgan fingerprint density at radius 3 is 2.48 bits per heavy atom. The number of aromatic nitrogens is 2. The predicted molar refractivity (Wildman–Crippen MR) is 112 cm³/mol. The molecule has 27 heavy (non-hydrogen) atoms. The Morgan fingerprint density at radius 1 is 1.19 bits per heavy atom. The van der Waals surface area contributed by atoms with Crippen LogP contribution in [0.4, 0.5) is 0 Å². The number of nitrogens with zero attached hydrogens (tertiary/aromatic N) is 4. The minimum absolute atomic E-state index is 0.00392. The predicted octanol–water partition coefficient (Wildman–Crippen LogP) is 3.42. The molecule has 0 saturated heterocycles. The molecule has 1 aromatic heterocycles. The van der Waals surface area contributed by atoms with Gasteiger partial charge in [0, 0.05) is 38.3 Å². The minimum Gasteiger partial charge on any atom is -0.338 e. The monoisotopic (exact) mass is 388 g/mol. The van der Waals surface area contributed by atoms with E-state index in [0.717, 1.165) is 37.2 Å². The normalized spacial score (nSPS) is 11.5. The lowest BCUT2D eigenvalue weighted by Gasteiger charge is -2.23. The standard InChI is InChI=1S/C21H29ClN4O/c1-17-19(21(22)25(4)23-17)12-13-20(27)26(16-15-24(2)3)14-8-11-18-9-6-5-7-10-18/h5-7,9-10,12-13H,8,11,14-16H2,1-4H3/b13-12+. The van der Waals surface area contributed by atoms with Gasteiger partial charge in [0.05, 0.1) is 5.69 Å². The lowest BCUT2D eigenvalue weighted by Crippen LogP contribution is -2.36. The summed E-state index contributed by atoms with van der Waals surface area (Å²) in [5.41, 5.74) is 2.91. The number of benzene rings is 1. The molecule has 0 saturated carbocycles. The van der Waals surface area contributed by atoms with Crippen molar-refractivity contribution < 1.29 is 4.79 Å². The molecule has 0 aliphatic carbocycles. The van der Waals surface area contributed by atoms with E-state index in [0.29, 0.717) is 11.7 Å². The molecule has 0 N–H and O–H groups in total. The van der Waals surface area contributed by atoms with E-state index in [1.807, 2.05) is 44.1 Å². The van der Waals surface area contributed by atoms with Crippen LogP contribution in [-0.4, -0.2) is 59.2 Å². The van der Waals surface area contributed by atoms with Crippen LogP contribution in [0, 0.1) is 6.92 Å². The largest absolute Gasteiger partial charge is 0.338 e. The topological polar surface area (TPSA) is 41.4 Å². The Hall–Kier alpha value is -2.11. The summed E-state index contributed by atoms with van der Waals surface area (Å²) in [6.45, 7) is 4.15. The van der Waals surface area contributed by atoms with Crippen LogP contribution >= 0.6 is 11.6 Å². The average Bonchev–Trinajstić information content (AvgIpc) is 2.88. The van der Waals surface area contributed by atoms with Gasteiger partial charge in [-0.3, -0.25) is 9.48 Å². The zero-order valence-corrected chi connectivity index (χ0v) is 17.4. The summed E-state index contributed by atoms with van der Waals surface area (Å²) in [6, 6.07) is 10.4. The number of halogens is 1. The van der Waals surface area contributed by atoms with Gasteiger partial charge in [0.15, 0.2) is 0 Å². The van der Waals surface area contributed by atoms with Gasteiger partial charge >= 0.3 is 0 Å². The first-order chi connectivity index (χ1) is 12.9. The lowest BCUT2D eigenvalue weighted by molar-refractivity contribution is -0.126. The van der Waals surface area contributed by atoms with Crippen molar-refractivity contribution in [2.45, 2.75) is 19.8 Å². The highest BCUT2D eigenvalue weighted by Gasteiger charge is 2.13. The number of likely N-dealkylation sites (N-methyl/N-ethyl adjacent to an activating group) is 1. The molecule has 0 aliphatic heterocycles. The zero-order valence-electron chi connectivity index (χ0n) is 16.7. The molecule has 1 aromatic carbocycles. The third kappa shape index (κ3) is 6.52. The van der Waals surface area contributed by atoms with Crippen molar-refractivity contribution in [2.75, 3.05) is 33.7 Å². The fourth-order valence-corrected chi connectivity index (χ4v) is 3.10. The molecule has 0 bridgehead atoms. The molecule has 0 unspecified atom stereocenters. The van der Waals surface area contributed by atoms with Crippen molar-refractivity contribution in [3.05, 3.63) is 58.4 Å². The van der Waals surface area contributed by atoms with Crippen LogP contribution in [0.25, 0.3) is 6.08 Å². The fourth-order valence-electron chi connectivity index (χ4n) is 2.87. The van der Waals surface area contributed by atoms with Crippen molar-refractivity contribution >= 4 is 23.6 Å². The molecule has 0 spiro atoms. The molecule has 6 heteroatoms. The molecule has 0 aliphatic rings.